The molecule has 84 valence electrons. The van der Waals surface area contributed by atoms with Gasteiger partial charge < -0.3 is 10.0 Å². The zero-order valence-corrected chi connectivity index (χ0v) is 8.69. The lowest BCUT2D eigenvalue weighted by Gasteiger charge is -2.16. The van der Waals surface area contributed by atoms with Crippen LogP contribution in [0.25, 0.3) is 0 Å². The summed E-state index contributed by atoms with van der Waals surface area (Å²) in [5.74, 6) is -1.05. The first kappa shape index (κ1) is 10.7. The number of amides is 1. The normalized spacial score (nSPS) is 20.2. The number of halogens is 1. The van der Waals surface area contributed by atoms with Crippen LogP contribution >= 0.6 is 0 Å². The fraction of sp³-hybridized carbons (Fsp3) is 0.250. The van der Waals surface area contributed by atoms with E-state index in [9.17, 15) is 9.18 Å². The van der Waals surface area contributed by atoms with Gasteiger partial charge in [0.1, 0.15) is 0 Å². The molecule has 16 heavy (non-hydrogen) atoms. The van der Waals surface area contributed by atoms with E-state index in [-0.39, 0.29) is 11.8 Å². The third-order valence-corrected chi connectivity index (χ3v) is 2.73. The van der Waals surface area contributed by atoms with Gasteiger partial charge in [0.05, 0.1) is 0 Å². The lowest BCUT2D eigenvalue weighted by atomic mass is 10.1. The molecule has 1 aliphatic rings. The highest BCUT2D eigenvalue weighted by atomic mass is 19.1. The fourth-order valence-electron chi connectivity index (χ4n) is 1.81. The van der Waals surface area contributed by atoms with Gasteiger partial charge in [0, 0.05) is 30.6 Å². The molecule has 0 radical (unpaired) electrons. The van der Waals surface area contributed by atoms with Gasteiger partial charge in [0.25, 0.3) is 0 Å². The van der Waals surface area contributed by atoms with E-state index in [1.54, 1.807) is 6.08 Å². The maximum absolute atomic E-state index is 13.1. The van der Waals surface area contributed by atoms with Crippen molar-refractivity contribution < 1.29 is 14.3 Å². The topological polar surface area (TPSA) is 40.5 Å². The summed E-state index contributed by atoms with van der Waals surface area (Å²) in [4.78, 5) is 13.1. The Balaban J connectivity index is 2.27. The molecule has 1 unspecified atom stereocenters. The second-order valence-corrected chi connectivity index (χ2v) is 3.84. The monoisotopic (exact) mass is 221 g/mol. The molecule has 0 bridgehead atoms. The number of aromatic hydroxyl groups is 1. The third kappa shape index (κ3) is 1.78. The molecule has 2 rings (SSSR count). The largest absolute Gasteiger partial charge is 0.505 e. The number of phenols is 1. The van der Waals surface area contributed by atoms with Crippen molar-refractivity contribution in [1.29, 1.82) is 0 Å². The minimum atomic E-state index is -0.715. The molecule has 1 aliphatic heterocycles. The Morgan fingerprint density at radius 3 is 2.88 bits per heavy atom. The van der Waals surface area contributed by atoms with Gasteiger partial charge in [0.15, 0.2) is 11.6 Å². The molecule has 0 aromatic heterocycles. The summed E-state index contributed by atoms with van der Waals surface area (Å²) in [6.07, 6.45) is 2.14. The molecule has 1 aromatic carbocycles. The quantitative estimate of drug-likeness (QED) is 0.776. The molecular weight excluding hydrogens is 209 g/mol. The van der Waals surface area contributed by atoms with Crippen molar-refractivity contribution in [3.63, 3.8) is 0 Å². The number of carbonyl (C=O) groups is 1. The molecule has 0 aliphatic carbocycles. The minimum absolute atomic E-state index is 0.0463. The standard InChI is InChI=1S/C12H12FNO2/c1-2-8-5-12(16)14(7-8)9-3-4-11(15)10(13)6-9/h2-4,6,8,15H,1,5,7H2. The number of benzene rings is 1. The zero-order chi connectivity index (χ0) is 11.7. The highest BCUT2D eigenvalue weighted by Gasteiger charge is 2.28. The van der Waals surface area contributed by atoms with Crippen molar-refractivity contribution in [2.24, 2.45) is 5.92 Å². The molecule has 1 N–H and O–H groups in total. The summed E-state index contributed by atoms with van der Waals surface area (Å²) < 4.78 is 13.1. The Hall–Kier alpha value is -1.84. The Labute approximate surface area is 92.8 Å². The minimum Gasteiger partial charge on any atom is -0.505 e. The summed E-state index contributed by atoms with van der Waals surface area (Å²) in [7, 11) is 0. The summed E-state index contributed by atoms with van der Waals surface area (Å²) in [5.41, 5.74) is 0.477. The van der Waals surface area contributed by atoms with Crippen molar-refractivity contribution in [2.75, 3.05) is 11.4 Å². The average molecular weight is 221 g/mol. The van der Waals surface area contributed by atoms with Crippen LogP contribution in [0, 0.1) is 11.7 Å². The maximum Gasteiger partial charge on any atom is 0.227 e. The van der Waals surface area contributed by atoms with Crippen LogP contribution in [-0.4, -0.2) is 17.6 Å². The van der Waals surface area contributed by atoms with E-state index < -0.39 is 11.6 Å². The van der Waals surface area contributed by atoms with E-state index in [1.807, 2.05) is 0 Å². The molecule has 4 heteroatoms. The first-order valence-electron chi connectivity index (χ1n) is 5.03. The Morgan fingerprint density at radius 1 is 1.56 bits per heavy atom. The molecule has 0 spiro atoms. The van der Waals surface area contributed by atoms with Gasteiger partial charge in [-0.15, -0.1) is 6.58 Å². The predicted molar refractivity (Wildman–Crippen MR) is 58.7 cm³/mol. The van der Waals surface area contributed by atoms with Gasteiger partial charge in [-0.05, 0) is 12.1 Å². The maximum atomic E-state index is 13.1. The third-order valence-electron chi connectivity index (χ3n) is 2.73. The van der Waals surface area contributed by atoms with Crippen LogP contribution < -0.4 is 4.90 Å². The van der Waals surface area contributed by atoms with E-state index >= 15 is 0 Å². The van der Waals surface area contributed by atoms with Gasteiger partial charge in [-0.1, -0.05) is 6.08 Å². The number of phenolic OH excluding ortho intramolecular Hbond substituents is 1. The number of nitrogens with zero attached hydrogens (tertiary/aromatic N) is 1. The Morgan fingerprint density at radius 2 is 2.31 bits per heavy atom. The molecule has 1 saturated heterocycles. The average Bonchev–Trinajstić information content (AvgIpc) is 2.64. The van der Waals surface area contributed by atoms with Crippen LogP contribution in [0.15, 0.2) is 30.9 Å². The highest BCUT2D eigenvalue weighted by molar-refractivity contribution is 5.96. The van der Waals surface area contributed by atoms with Crippen LogP contribution in [-0.2, 0) is 4.79 Å². The van der Waals surface area contributed by atoms with Gasteiger partial charge in [-0.3, -0.25) is 4.79 Å². The molecule has 3 nitrogen and oxygen atoms in total. The zero-order valence-electron chi connectivity index (χ0n) is 8.69. The smallest absolute Gasteiger partial charge is 0.227 e. The highest BCUT2D eigenvalue weighted by Crippen LogP contribution is 2.28. The second kappa shape index (κ2) is 3.96. The summed E-state index contributed by atoms with van der Waals surface area (Å²) in [5, 5.41) is 9.06. The predicted octanol–water partition coefficient (Wildman–Crippen LogP) is 2.07. The van der Waals surface area contributed by atoms with Crippen molar-refractivity contribution in [3.05, 3.63) is 36.7 Å². The summed E-state index contributed by atoms with van der Waals surface area (Å²) in [6, 6.07) is 3.94. The first-order valence-corrected chi connectivity index (χ1v) is 5.03. The summed E-state index contributed by atoms with van der Waals surface area (Å²) in [6.45, 7) is 4.16. The van der Waals surface area contributed by atoms with E-state index in [4.69, 9.17) is 5.11 Å². The van der Waals surface area contributed by atoms with Gasteiger partial charge >= 0.3 is 0 Å². The Kier molecular flexibility index (Phi) is 2.64. The number of rotatable bonds is 2. The molecule has 1 aromatic rings. The lowest BCUT2D eigenvalue weighted by Crippen LogP contribution is -2.24. The molecular formula is C12H12FNO2. The van der Waals surface area contributed by atoms with Gasteiger partial charge in [-0.25, -0.2) is 4.39 Å². The number of carbonyl (C=O) groups excluding carboxylic acids is 1. The molecule has 1 amide bonds. The van der Waals surface area contributed by atoms with E-state index in [2.05, 4.69) is 6.58 Å². The van der Waals surface area contributed by atoms with Crippen molar-refractivity contribution in [1.82, 2.24) is 0 Å². The molecule has 1 fully saturated rings. The number of anilines is 1. The van der Waals surface area contributed by atoms with Crippen molar-refractivity contribution in [2.45, 2.75) is 6.42 Å². The van der Waals surface area contributed by atoms with E-state index in [0.717, 1.165) is 0 Å². The second-order valence-electron chi connectivity index (χ2n) is 3.84. The van der Waals surface area contributed by atoms with Crippen LogP contribution in [0.4, 0.5) is 10.1 Å². The SMILES string of the molecule is C=CC1CC(=O)N(c2ccc(O)c(F)c2)C1. The molecule has 1 heterocycles. The van der Waals surface area contributed by atoms with E-state index in [1.165, 1.54) is 23.1 Å². The van der Waals surface area contributed by atoms with Crippen LogP contribution in [0.2, 0.25) is 0 Å². The van der Waals surface area contributed by atoms with Gasteiger partial charge in [-0.2, -0.15) is 0 Å². The Bertz CT molecular complexity index is 445. The number of hydrogen-bond donors (Lipinski definition) is 1. The van der Waals surface area contributed by atoms with Crippen LogP contribution in [0.1, 0.15) is 6.42 Å². The molecule has 0 saturated carbocycles. The van der Waals surface area contributed by atoms with Gasteiger partial charge in [0.2, 0.25) is 5.91 Å². The van der Waals surface area contributed by atoms with Crippen LogP contribution in [0.3, 0.4) is 0 Å². The van der Waals surface area contributed by atoms with E-state index in [0.29, 0.717) is 18.7 Å². The summed E-state index contributed by atoms with van der Waals surface area (Å²) >= 11 is 0. The van der Waals surface area contributed by atoms with Crippen molar-refractivity contribution in [3.8, 4) is 5.75 Å². The fourth-order valence-corrected chi connectivity index (χ4v) is 1.81. The molecule has 1 atom stereocenters. The number of hydrogen-bond acceptors (Lipinski definition) is 2. The van der Waals surface area contributed by atoms with Crippen LogP contribution in [0.5, 0.6) is 5.75 Å². The van der Waals surface area contributed by atoms with Crippen molar-refractivity contribution >= 4 is 11.6 Å². The first-order chi connectivity index (χ1) is 7.61. The lowest BCUT2D eigenvalue weighted by molar-refractivity contribution is -0.117.